The van der Waals surface area contributed by atoms with Gasteiger partial charge >= 0.3 is 11.9 Å². The van der Waals surface area contributed by atoms with Crippen LogP contribution in [0.15, 0.2) is 44.8 Å². The van der Waals surface area contributed by atoms with Gasteiger partial charge in [0.05, 0.1) is 10.8 Å². The van der Waals surface area contributed by atoms with Crippen LogP contribution in [0.25, 0.3) is 0 Å². The van der Waals surface area contributed by atoms with Crippen molar-refractivity contribution >= 4 is 46.8 Å². The van der Waals surface area contributed by atoms with Crippen molar-refractivity contribution in [2.24, 2.45) is 4.99 Å². The second-order valence-corrected chi connectivity index (χ2v) is 4.35. The Morgan fingerprint density at radius 3 is 2.11 bits per heavy atom. The highest BCUT2D eigenvalue weighted by atomic mass is 32.2. The zero-order chi connectivity index (χ0) is 14.4. The van der Waals surface area contributed by atoms with E-state index < -0.39 is 22.6 Å². The maximum Gasteiger partial charge on any atom is 0.372 e. The lowest BCUT2D eigenvalue weighted by Gasteiger charge is -2.04. The van der Waals surface area contributed by atoms with Crippen molar-refractivity contribution in [1.29, 1.82) is 0 Å². The number of carboxylic acids is 2. The van der Waals surface area contributed by atoms with E-state index in [2.05, 4.69) is 22.4 Å². The van der Waals surface area contributed by atoms with Crippen LogP contribution < -0.4 is 0 Å². The van der Waals surface area contributed by atoms with E-state index in [9.17, 15) is 14.7 Å². The molecule has 0 atom stereocenters. The second kappa shape index (κ2) is 6.69. The highest BCUT2D eigenvalue weighted by molar-refractivity contribution is 8.04. The summed E-state index contributed by atoms with van der Waals surface area (Å²) in [4.78, 5) is 24.9. The van der Waals surface area contributed by atoms with Gasteiger partial charge in [-0.2, -0.15) is 4.99 Å². The molecule has 1 aromatic carbocycles. The SMILES string of the molecule is O=C(O)/C(O)=C(/Sc1ccc(N=C=S)cc1)C(=O)O. The van der Waals surface area contributed by atoms with E-state index in [1.54, 1.807) is 12.1 Å². The molecule has 0 amide bonds. The number of benzene rings is 1. The molecule has 1 rings (SSSR count). The molecule has 0 saturated heterocycles. The summed E-state index contributed by atoms with van der Waals surface area (Å²) in [5.41, 5.74) is 0.530. The summed E-state index contributed by atoms with van der Waals surface area (Å²) < 4.78 is 0. The van der Waals surface area contributed by atoms with Crippen LogP contribution >= 0.6 is 24.0 Å². The zero-order valence-corrected chi connectivity index (χ0v) is 10.9. The molecule has 0 aliphatic rings. The van der Waals surface area contributed by atoms with Gasteiger partial charge in [-0.3, -0.25) is 0 Å². The predicted octanol–water partition coefficient (Wildman–Crippen LogP) is 2.45. The van der Waals surface area contributed by atoms with Crippen LogP contribution in [0.1, 0.15) is 0 Å². The number of thioether (sulfide) groups is 1. The number of hydrogen-bond acceptors (Lipinski definition) is 6. The first kappa shape index (κ1) is 14.9. The fourth-order valence-electron chi connectivity index (χ4n) is 1.05. The van der Waals surface area contributed by atoms with E-state index >= 15 is 0 Å². The van der Waals surface area contributed by atoms with Gasteiger partial charge in [0.1, 0.15) is 4.91 Å². The molecule has 19 heavy (non-hydrogen) atoms. The predicted molar refractivity (Wildman–Crippen MR) is 71.9 cm³/mol. The number of aliphatic carboxylic acids is 2. The Balaban J connectivity index is 3.05. The van der Waals surface area contributed by atoms with Crippen molar-refractivity contribution < 1.29 is 24.9 Å². The monoisotopic (exact) mass is 297 g/mol. The number of thiocarbonyl (C=S) groups is 1. The average molecular weight is 297 g/mol. The lowest BCUT2D eigenvalue weighted by Crippen LogP contribution is -2.08. The van der Waals surface area contributed by atoms with Gasteiger partial charge in [0.25, 0.3) is 0 Å². The fraction of sp³-hybridized carbons (Fsp3) is 0. The lowest BCUT2D eigenvalue weighted by atomic mass is 10.3. The Hall–Kier alpha value is -2.15. The normalized spacial score (nSPS) is 11.2. The third-order valence-electron chi connectivity index (χ3n) is 1.84. The topological polar surface area (TPSA) is 107 Å². The average Bonchev–Trinajstić information content (AvgIpc) is 2.37. The van der Waals surface area contributed by atoms with Crippen LogP contribution in [0.5, 0.6) is 0 Å². The molecule has 98 valence electrons. The Morgan fingerprint density at radius 2 is 1.68 bits per heavy atom. The van der Waals surface area contributed by atoms with Gasteiger partial charge in [0.2, 0.25) is 5.76 Å². The molecule has 0 aliphatic carbocycles. The van der Waals surface area contributed by atoms with E-state index in [1.807, 2.05) is 0 Å². The number of carboxylic acid groups (broad SMARTS) is 2. The number of carbonyl (C=O) groups is 2. The quantitative estimate of drug-likeness (QED) is 0.252. The van der Waals surface area contributed by atoms with Crippen molar-refractivity contribution in [3.05, 3.63) is 34.9 Å². The van der Waals surface area contributed by atoms with E-state index in [-0.39, 0.29) is 0 Å². The molecule has 0 aliphatic heterocycles. The van der Waals surface area contributed by atoms with E-state index in [4.69, 9.17) is 10.2 Å². The Kier molecular flexibility index (Phi) is 5.25. The smallest absolute Gasteiger partial charge is 0.372 e. The molecular formula is C11H7NO5S2. The molecule has 0 fully saturated rings. The Morgan fingerprint density at radius 1 is 1.11 bits per heavy atom. The summed E-state index contributed by atoms with van der Waals surface area (Å²) >= 11 is 5.05. The van der Waals surface area contributed by atoms with Gasteiger partial charge in [0.15, 0.2) is 0 Å². The molecule has 0 saturated carbocycles. The molecule has 8 heteroatoms. The first-order chi connectivity index (χ1) is 8.95. The van der Waals surface area contributed by atoms with Crippen LogP contribution in [0.4, 0.5) is 5.69 Å². The van der Waals surface area contributed by atoms with Gasteiger partial charge in [-0.1, -0.05) is 11.8 Å². The summed E-state index contributed by atoms with van der Waals surface area (Å²) in [6, 6.07) is 6.15. The largest absolute Gasteiger partial charge is 0.501 e. The number of aliphatic imine (C=N–C) groups is 1. The van der Waals surface area contributed by atoms with E-state index in [0.717, 1.165) is 0 Å². The van der Waals surface area contributed by atoms with Gasteiger partial charge in [-0.15, -0.1) is 0 Å². The number of rotatable bonds is 5. The molecule has 0 bridgehead atoms. The molecule has 0 unspecified atom stereocenters. The van der Waals surface area contributed by atoms with Gasteiger partial charge < -0.3 is 15.3 Å². The summed E-state index contributed by atoms with van der Waals surface area (Å²) in [7, 11) is 0. The molecular weight excluding hydrogens is 290 g/mol. The third kappa shape index (κ3) is 4.22. The number of nitrogens with zero attached hydrogens (tertiary/aromatic N) is 1. The number of hydrogen-bond donors (Lipinski definition) is 3. The van der Waals surface area contributed by atoms with Crippen molar-refractivity contribution in [1.82, 2.24) is 0 Å². The fourth-order valence-corrected chi connectivity index (χ4v) is 1.93. The highest BCUT2D eigenvalue weighted by Crippen LogP contribution is 2.30. The third-order valence-corrected chi connectivity index (χ3v) is 3.01. The second-order valence-electron chi connectivity index (χ2n) is 3.09. The standard InChI is InChI=1S/C11H7NO5S2/c13-8(10(14)15)9(11(16)17)19-7-3-1-6(2-4-7)12-5-18/h1-4,13H,(H,14,15)(H,16,17)/b9-8-. The van der Waals surface area contributed by atoms with E-state index in [0.29, 0.717) is 22.3 Å². The van der Waals surface area contributed by atoms with Gasteiger partial charge in [-0.25, -0.2) is 9.59 Å². The minimum absolute atomic E-state index is 0.438. The Labute approximate surface area is 117 Å². The first-order valence-corrected chi connectivity index (χ1v) is 5.93. The molecule has 0 heterocycles. The minimum Gasteiger partial charge on any atom is -0.501 e. The van der Waals surface area contributed by atoms with Crippen LogP contribution in [0.3, 0.4) is 0 Å². The molecule has 0 aromatic heterocycles. The molecule has 1 aromatic rings. The van der Waals surface area contributed by atoms with Gasteiger partial charge in [-0.05, 0) is 36.5 Å². The molecule has 0 spiro atoms. The van der Waals surface area contributed by atoms with Crippen molar-refractivity contribution in [3.63, 3.8) is 0 Å². The van der Waals surface area contributed by atoms with Crippen LogP contribution in [-0.2, 0) is 9.59 Å². The summed E-state index contributed by atoms with van der Waals surface area (Å²) in [6.45, 7) is 0. The minimum atomic E-state index is -1.70. The van der Waals surface area contributed by atoms with Crippen LogP contribution in [-0.4, -0.2) is 32.4 Å². The summed E-state index contributed by atoms with van der Waals surface area (Å²) in [5, 5.41) is 28.8. The van der Waals surface area contributed by atoms with Crippen molar-refractivity contribution in [2.75, 3.05) is 0 Å². The summed E-state index contributed by atoms with van der Waals surface area (Å²) in [6.07, 6.45) is 0. The molecule has 3 N–H and O–H groups in total. The van der Waals surface area contributed by atoms with Gasteiger partial charge in [0, 0.05) is 4.90 Å². The molecule has 6 nitrogen and oxygen atoms in total. The van der Waals surface area contributed by atoms with Crippen molar-refractivity contribution in [2.45, 2.75) is 4.90 Å². The van der Waals surface area contributed by atoms with Crippen molar-refractivity contribution in [3.8, 4) is 0 Å². The lowest BCUT2D eigenvalue weighted by molar-refractivity contribution is -0.137. The maximum absolute atomic E-state index is 10.9. The number of isothiocyanates is 1. The van der Waals surface area contributed by atoms with E-state index in [1.165, 1.54) is 12.1 Å². The summed E-state index contributed by atoms with van der Waals surface area (Å²) in [5.74, 6) is -4.43. The Bertz CT molecular complexity index is 588. The maximum atomic E-state index is 10.9. The van der Waals surface area contributed by atoms with Crippen LogP contribution in [0.2, 0.25) is 0 Å². The zero-order valence-electron chi connectivity index (χ0n) is 9.23. The number of aliphatic hydroxyl groups excluding tert-OH is 1. The highest BCUT2D eigenvalue weighted by Gasteiger charge is 2.20. The first-order valence-electron chi connectivity index (χ1n) is 4.71. The van der Waals surface area contributed by atoms with Crippen LogP contribution in [0, 0.1) is 0 Å². The molecule has 0 radical (unpaired) electrons. The number of aliphatic hydroxyl groups is 1.